The van der Waals surface area contributed by atoms with Crippen LogP contribution in [0.4, 0.5) is 5.95 Å². The van der Waals surface area contributed by atoms with E-state index in [0.29, 0.717) is 47.1 Å². The van der Waals surface area contributed by atoms with E-state index in [1.807, 2.05) is 32.0 Å². The second kappa shape index (κ2) is 13.4. The standard InChI is InChI=1S/C30H36N4O4S/c1-6-9-17-39-30-32-29-31-21(5)26(28(35)37-16-7-2)27(34(29)33-30)23-14-15-24(25(18-23)36-8-3)38-19-22-12-10-20(4)11-13-22/h7,10-15,18,27H,2,6,8-9,16-17,19H2,1,3-5H3,(H,31,32,33). The Kier molecular flexibility index (Phi) is 9.70. The first-order valence-electron chi connectivity index (χ1n) is 13.2. The number of anilines is 1. The molecule has 39 heavy (non-hydrogen) atoms. The summed E-state index contributed by atoms with van der Waals surface area (Å²) < 4.78 is 19.4. The fourth-order valence-electron chi connectivity index (χ4n) is 4.21. The Bertz CT molecular complexity index is 1330. The highest BCUT2D eigenvalue weighted by Crippen LogP contribution is 2.40. The van der Waals surface area contributed by atoms with Crippen LogP contribution < -0.4 is 14.8 Å². The van der Waals surface area contributed by atoms with Gasteiger partial charge in [0, 0.05) is 11.4 Å². The lowest BCUT2D eigenvalue weighted by atomic mass is 9.95. The molecule has 1 unspecified atom stereocenters. The van der Waals surface area contributed by atoms with Gasteiger partial charge in [-0.05, 0) is 50.5 Å². The Morgan fingerprint density at radius 1 is 1.13 bits per heavy atom. The Labute approximate surface area is 234 Å². The van der Waals surface area contributed by atoms with Crippen molar-refractivity contribution in [3.05, 3.63) is 83.1 Å². The van der Waals surface area contributed by atoms with Gasteiger partial charge in [0.05, 0.1) is 12.2 Å². The lowest BCUT2D eigenvalue weighted by Crippen LogP contribution is -2.29. The third-order valence-electron chi connectivity index (χ3n) is 6.21. The van der Waals surface area contributed by atoms with Gasteiger partial charge in [0.2, 0.25) is 11.1 Å². The van der Waals surface area contributed by atoms with E-state index in [9.17, 15) is 4.79 Å². The molecule has 0 radical (unpaired) electrons. The van der Waals surface area contributed by atoms with E-state index in [-0.39, 0.29) is 6.61 Å². The minimum Gasteiger partial charge on any atom is -0.490 e. The van der Waals surface area contributed by atoms with Crippen molar-refractivity contribution in [2.24, 2.45) is 0 Å². The maximum atomic E-state index is 13.2. The summed E-state index contributed by atoms with van der Waals surface area (Å²) >= 11 is 1.60. The minimum atomic E-state index is -0.558. The number of fused-ring (bicyclic) bond motifs is 1. The largest absolute Gasteiger partial charge is 0.490 e. The summed E-state index contributed by atoms with van der Waals surface area (Å²) in [5, 5.41) is 8.68. The molecule has 1 aromatic heterocycles. The number of benzene rings is 2. The van der Waals surface area contributed by atoms with Crippen LogP contribution in [0.25, 0.3) is 0 Å². The van der Waals surface area contributed by atoms with Crippen LogP contribution in [0.3, 0.4) is 0 Å². The first-order valence-corrected chi connectivity index (χ1v) is 14.2. The normalized spacial score (nSPS) is 14.4. The molecule has 1 N–H and O–H groups in total. The highest BCUT2D eigenvalue weighted by atomic mass is 32.2. The average Bonchev–Trinajstić information content (AvgIpc) is 3.33. The molecule has 9 heteroatoms. The molecule has 206 valence electrons. The van der Waals surface area contributed by atoms with Gasteiger partial charge in [-0.3, -0.25) is 0 Å². The number of carbonyl (C=O) groups excluding carboxylic acids is 1. The summed E-state index contributed by atoms with van der Waals surface area (Å²) in [5.41, 5.74) is 4.19. The molecule has 0 saturated carbocycles. The molecule has 0 spiro atoms. The number of hydrogen-bond acceptors (Lipinski definition) is 8. The van der Waals surface area contributed by atoms with E-state index in [1.54, 1.807) is 22.5 Å². The van der Waals surface area contributed by atoms with Crippen molar-refractivity contribution >= 4 is 23.7 Å². The van der Waals surface area contributed by atoms with Gasteiger partial charge in [-0.2, -0.15) is 4.98 Å². The zero-order chi connectivity index (χ0) is 27.8. The average molecular weight is 549 g/mol. The van der Waals surface area contributed by atoms with Crippen LogP contribution in [0, 0.1) is 6.92 Å². The third-order valence-corrected chi connectivity index (χ3v) is 7.14. The van der Waals surface area contributed by atoms with Gasteiger partial charge in [-0.25, -0.2) is 9.48 Å². The van der Waals surface area contributed by atoms with E-state index in [1.165, 1.54) is 5.56 Å². The smallest absolute Gasteiger partial charge is 0.338 e. The second-order valence-electron chi connectivity index (χ2n) is 9.23. The SMILES string of the molecule is C=CCOC(=O)C1=C(C)Nc2nc(SCCCC)nn2C1c1ccc(OCc2ccc(C)cc2)c(OCC)c1. The van der Waals surface area contributed by atoms with Crippen LogP contribution in [0.2, 0.25) is 0 Å². The first kappa shape index (κ1) is 28.3. The number of nitrogens with zero attached hydrogens (tertiary/aromatic N) is 3. The number of aromatic nitrogens is 3. The monoisotopic (exact) mass is 548 g/mol. The molecule has 2 aromatic carbocycles. The Hall–Kier alpha value is -3.72. The number of thioether (sulfide) groups is 1. The highest BCUT2D eigenvalue weighted by molar-refractivity contribution is 7.99. The summed E-state index contributed by atoms with van der Waals surface area (Å²) in [6, 6.07) is 13.4. The molecule has 2 heterocycles. The molecular weight excluding hydrogens is 512 g/mol. The predicted molar refractivity (Wildman–Crippen MR) is 154 cm³/mol. The molecule has 1 aliphatic heterocycles. The summed E-state index contributed by atoms with van der Waals surface area (Å²) in [6.45, 7) is 12.6. The van der Waals surface area contributed by atoms with Crippen molar-refractivity contribution in [1.82, 2.24) is 14.8 Å². The van der Waals surface area contributed by atoms with E-state index >= 15 is 0 Å². The van der Waals surface area contributed by atoms with Crippen molar-refractivity contribution in [3.63, 3.8) is 0 Å². The number of allylic oxidation sites excluding steroid dienone is 1. The number of aryl methyl sites for hydroxylation is 1. The van der Waals surface area contributed by atoms with Crippen molar-refractivity contribution in [3.8, 4) is 11.5 Å². The van der Waals surface area contributed by atoms with Crippen LogP contribution in [0.1, 0.15) is 56.3 Å². The summed E-state index contributed by atoms with van der Waals surface area (Å²) in [7, 11) is 0. The number of hydrogen-bond donors (Lipinski definition) is 1. The third kappa shape index (κ3) is 6.84. The van der Waals surface area contributed by atoms with Gasteiger partial charge in [0.1, 0.15) is 19.3 Å². The van der Waals surface area contributed by atoms with Crippen LogP contribution in [0.15, 0.2) is 71.5 Å². The van der Waals surface area contributed by atoms with Crippen molar-refractivity contribution in [1.29, 1.82) is 0 Å². The second-order valence-corrected chi connectivity index (χ2v) is 10.3. The maximum Gasteiger partial charge on any atom is 0.338 e. The van der Waals surface area contributed by atoms with Gasteiger partial charge in [0.25, 0.3) is 0 Å². The molecule has 0 aliphatic carbocycles. The molecule has 0 saturated heterocycles. The zero-order valence-electron chi connectivity index (χ0n) is 23.0. The zero-order valence-corrected chi connectivity index (χ0v) is 23.8. The Morgan fingerprint density at radius 3 is 2.64 bits per heavy atom. The van der Waals surface area contributed by atoms with E-state index in [4.69, 9.17) is 24.3 Å². The number of nitrogens with one attached hydrogen (secondary N) is 1. The fraction of sp³-hybridized carbons (Fsp3) is 0.367. The van der Waals surface area contributed by atoms with Gasteiger partial charge >= 0.3 is 5.97 Å². The first-order chi connectivity index (χ1) is 18.9. The molecule has 3 aromatic rings. The topological polar surface area (TPSA) is 87.5 Å². The van der Waals surface area contributed by atoms with E-state index in [2.05, 4.69) is 50.0 Å². The molecule has 1 atom stereocenters. The molecule has 0 fully saturated rings. The van der Waals surface area contributed by atoms with Crippen LogP contribution in [0.5, 0.6) is 11.5 Å². The Balaban J connectivity index is 1.70. The van der Waals surface area contributed by atoms with E-state index in [0.717, 1.165) is 29.7 Å². The molecular formula is C30H36N4O4S. The number of unbranched alkanes of at least 4 members (excludes halogenated alkanes) is 1. The molecule has 8 nitrogen and oxygen atoms in total. The quantitative estimate of drug-likeness (QED) is 0.112. The summed E-state index contributed by atoms with van der Waals surface area (Å²) in [4.78, 5) is 17.9. The summed E-state index contributed by atoms with van der Waals surface area (Å²) in [5.74, 6) is 2.28. The van der Waals surface area contributed by atoms with Crippen molar-refractivity contribution in [2.45, 2.75) is 58.3 Å². The number of esters is 1. The maximum absolute atomic E-state index is 13.2. The van der Waals surface area contributed by atoms with Crippen LogP contribution >= 0.6 is 11.8 Å². The minimum absolute atomic E-state index is 0.112. The highest BCUT2D eigenvalue weighted by Gasteiger charge is 2.35. The number of rotatable bonds is 13. The molecule has 0 bridgehead atoms. The number of carbonyl (C=O) groups is 1. The Morgan fingerprint density at radius 2 is 1.92 bits per heavy atom. The summed E-state index contributed by atoms with van der Waals surface area (Å²) in [6.07, 6.45) is 3.72. The van der Waals surface area contributed by atoms with Crippen molar-refractivity contribution < 1.29 is 19.0 Å². The van der Waals surface area contributed by atoms with Gasteiger partial charge in [0.15, 0.2) is 11.5 Å². The molecule has 4 rings (SSSR count). The van der Waals surface area contributed by atoms with Gasteiger partial charge in [-0.15, -0.1) is 5.10 Å². The predicted octanol–water partition coefficient (Wildman–Crippen LogP) is 6.47. The fourth-order valence-corrected chi connectivity index (χ4v) is 5.13. The van der Waals surface area contributed by atoms with Gasteiger partial charge < -0.3 is 19.5 Å². The lowest BCUT2D eigenvalue weighted by Gasteiger charge is -2.28. The number of ether oxygens (including phenoxy) is 3. The van der Waals surface area contributed by atoms with E-state index < -0.39 is 12.0 Å². The van der Waals surface area contributed by atoms with Crippen LogP contribution in [-0.4, -0.2) is 39.7 Å². The molecule has 1 aliphatic rings. The molecule has 0 amide bonds. The lowest BCUT2D eigenvalue weighted by molar-refractivity contribution is -0.138. The van der Waals surface area contributed by atoms with Crippen molar-refractivity contribution in [2.75, 3.05) is 24.3 Å². The van der Waals surface area contributed by atoms with Crippen LogP contribution in [-0.2, 0) is 16.1 Å². The van der Waals surface area contributed by atoms with Gasteiger partial charge in [-0.1, -0.05) is 73.7 Å².